The topological polar surface area (TPSA) is 78.4 Å². The summed E-state index contributed by atoms with van der Waals surface area (Å²) in [5, 5.41) is 14.7. The Balaban J connectivity index is 2.47. The highest BCUT2D eigenvalue weighted by atomic mass is 16.4. The highest BCUT2D eigenvalue weighted by Crippen LogP contribution is 2.16. The van der Waals surface area contributed by atoms with Crippen molar-refractivity contribution in [3.8, 4) is 0 Å². The van der Waals surface area contributed by atoms with Gasteiger partial charge in [-0.3, -0.25) is 9.59 Å². The third kappa shape index (κ3) is 2.95. The van der Waals surface area contributed by atoms with E-state index in [2.05, 4.69) is 10.6 Å². The predicted molar refractivity (Wildman–Crippen MR) is 59.9 cm³/mol. The van der Waals surface area contributed by atoms with E-state index in [1.54, 1.807) is 13.8 Å². The van der Waals surface area contributed by atoms with E-state index in [4.69, 9.17) is 5.11 Å². The highest BCUT2D eigenvalue weighted by molar-refractivity contribution is 5.81. The number of carbonyl (C=O) groups excluding carboxylic acids is 1. The summed E-state index contributed by atoms with van der Waals surface area (Å²) in [6.07, 6.45) is 0. The van der Waals surface area contributed by atoms with Crippen molar-refractivity contribution in [1.82, 2.24) is 10.6 Å². The molecule has 1 rings (SSSR count). The van der Waals surface area contributed by atoms with Crippen LogP contribution in [0.4, 0.5) is 0 Å². The first kappa shape index (κ1) is 13.0. The van der Waals surface area contributed by atoms with Crippen LogP contribution in [0.15, 0.2) is 0 Å². The summed E-state index contributed by atoms with van der Waals surface area (Å²) in [7, 11) is 0. The van der Waals surface area contributed by atoms with Crippen LogP contribution in [-0.4, -0.2) is 36.1 Å². The van der Waals surface area contributed by atoms with Crippen LogP contribution in [0.2, 0.25) is 0 Å². The van der Waals surface area contributed by atoms with Gasteiger partial charge in [-0.15, -0.1) is 0 Å². The molecule has 0 aromatic rings. The standard InChI is InChI=1S/C11H20N2O3/c1-6-4-12-5-9(6)10(14)13-8(3)7(2)11(15)16/h6-9,12H,4-5H2,1-3H3,(H,13,14)(H,15,16)/t6-,7?,8?,9-/m1/s1. The van der Waals surface area contributed by atoms with E-state index < -0.39 is 11.9 Å². The lowest BCUT2D eigenvalue weighted by Crippen LogP contribution is -2.44. The Morgan fingerprint density at radius 3 is 2.44 bits per heavy atom. The third-order valence-electron chi connectivity index (χ3n) is 3.36. The van der Waals surface area contributed by atoms with Crippen molar-refractivity contribution in [3.63, 3.8) is 0 Å². The summed E-state index contributed by atoms with van der Waals surface area (Å²) in [6.45, 7) is 6.88. The lowest BCUT2D eigenvalue weighted by Gasteiger charge is -2.21. The highest BCUT2D eigenvalue weighted by Gasteiger charge is 2.31. The van der Waals surface area contributed by atoms with Crippen LogP contribution in [0.3, 0.4) is 0 Å². The number of hydrogen-bond acceptors (Lipinski definition) is 3. The Kier molecular flexibility index (Phi) is 4.29. The zero-order valence-electron chi connectivity index (χ0n) is 9.99. The molecule has 5 nitrogen and oxygen atoms in total. The Morgan fingerprint density at radius 2 is 2.00 bits per heavy atom. The van der Waals surface area contributed by atoms with Crippen molar-refractivity contribution >= 4 is 11.9 Å². The van der Waals surface area contributed by atoms with E-state index in [0.29, 0.717) is 12.5 Å². The molecule has 1 saturated heterocycles. The molecule has 3 N–H and O–H groups in total. The van der Waals surface area contributed by atoms with E-state index in [1.165, 1.54) is 0 Å². The number of rotatable bonds is 4. The van der Waals surface area contributed by atoms with E-state index in [-0.39, 0.29) is 17.9 Å². The molecule has 16 heavy (non-hydrogen) atoms. The molecular formula is C11H20N2O3. The van der Waals surface area contributed by atoms with Crippen LogP contribution in [0.1, 0.15) is 20.8 Å². The normalized spacial score (nSPS) is 28.4. The summed E-state index contributed by atoms with van der Waals surface area (Å²) >= 11 is 0. The monoisotopic (exact) mass is 228 g/mol. The number of carboxylic acids is 1. The molecule has 0 bridgehead atoms. The fourth-order valence-corrected chi connectivity index (χ4v) is 1.83. The lowest BCUT2D eigenvalue weighted by molar-refractivity contribution is -0.142. The molecule has 5 heteroatoms. The fraction of sp³-hybridized carbons (Fsp3) is 0.818. The Labute approximate surface area is 95.6 Å². The van der Waals surface area contributed by atoms with E-state index in [1.807, 2.05) is 6.92 Å². The summed E-state index contributed by atoms with van der Waals surface area (Å²) in [6, 6.07) is -0.335. The van der Waals surface area contributed by atoms with Gasteiger partial charge in [0.05, 0.1) is 11.8 Å². The molecule has 1 amide bonds. The fourth-order valence-electron chi connectivity index (χ4n) is 1.83. The smallest absolute Gasteiger partial charge is 0.308 e. The Hall–Kier alpha value is -1.10. The molecule has 92 valence electrons. The van der Waals surface area contributed by atoms with Crippen LogP contribution in [-0.2, 0) is 9.59 Å². The van der Waals surface area contributed by atoms with Gasteiger partial charge in [0.25, 0.3) is 0 Å². The molecule has 0 spiro atoms. The van der Waals surface area contributed by atoms with Crippen molar-refractivity contribution in [2.24, 2.45) is 17.8 Å². The van der Waals surface area contributed by atoms with Gasteiger partial charge in [-0.2, -0.15) is 0 Å². The van der Waals surface area contributed by atoms with Gasteiger partial charge in [-0.1, -0.05) is 6.92 Å². The molecule has 0 aliphatic carbocycles. The van der Waals surface area contributed by atoms with Gasteiger partial charge in [0.1, 0.15) is 0 Å². The number of aliphatic carboxylic acids is 1. The molecule has 0 aromatic carbocycles. The van der Waals surface area contributed by atoms with Gasteiger partial charge < -0.3 is 15.7 Å². The summed E-state index contributed by atoms with van der Waals surface area (Å²) < 4.78 is 0. The molecule has 1 fully saturated rings. The minimum atomic E-state index is -0.884. The Bertz CT molecular complexity index is 280. The van der Waals surface area contributed by atoms with Crippen molar-refractivity contribution < 1.29 is 14.7 Å². The SMILES string of the molecule is CC(NC(=O)[C@@H]1CNC[C@H]1C)C(C)C(=O)O. The average molecular weight is 228 g/mol. The Morgan fingerprint density at radius 1 is 1.38 bits per heavy atom. The number of carbonyl (C=O) groups is 2. The molecule has 1 aliphatic rings. The molecular weight excluding hydrogens is 208 g/mol. The second-order valence-corrected chi connectivity index (χ2v) is 4.67. The molecule has 4 atom stereocenters. The molecule has 1 heterocycles. The van der Waals surface area contributed by atoms with Crippen molar-refractivity contribution in [1.29, 1.82) is 0 Å². The molecule has 2 unspecified atom stereocenters. The van der Waals surface area contributed by atoms with Gasteiger partial charge >= 0.3 is 5.97 Å². The van der Waals surface area contributed by atoms with Crippen molar-refractivity contribution in [3.05, 3.63) is 0 Å². The van der Waals surface area contributed by atoms with Gasteiger partial charge in [-0.05, 0) is 26.3 Å². The molecule has 1 aliphatic heterocycles. The van der Waals surface area contributed by atoms with Crippen LogP contribution < -0.4 is 10.6 Å². The lowest BCUT2D eigenvalue weighted by atomic mass is 9.96. The molecule has 0 saturated carbocycles. The average Bonchev–Trinajstić information content (AvgIpc) is 2.62. The minimum absolute atomic E-state index is 0.0385. The maximum atomic E-state index is 11.8. The first-order valence-electron chi connectivity index (χ1n) is 5.67. The predicted octanol–water partition coefficient (Wildman–Crippen LogP) is 0.0673. The summed E-state index contributed by atoms with van der Waals surface area (Å²) in [5.41, 5.74) is 0. The van der Waals surface area contributed by atoms with Crippen molar-refractivity contribution in [2.45, 2.75) is 26.8 Å². The van der Waals surface area contributed by atoms with E-state index >= 15 is 0 Å². The van der Waals surface area contributed by atoms with Gasteiger partial charge in [0, 0.05) is 12.6 Å². The minimum Gasteiger partial charge on any atom is -0.481 e. The maximum Gasteiger partial charge on any atom is 0.308 e. The quantitative estimate of drug-likeness (QED) is 0.636. The molecule has 0 aromatic heterocycles. The molecule has 0 radical (unpaired) electrons. The van der Waals surface area contributed by atoms with Crippen LogP contribution in [0.5, 0.6) is 0 Å². The maximum absolute atomic E-state index is 11.8. The summed E-state index contributed by atoms with van der Waals surface area (Å²) in [4.78, 5) is 22.6. The summed E-state index contributed by atoms with van der Waals surface area (Å²) in [5.74, 6) is -1.21. The third-order valence-corrected chi connectivity index (χ3v) is 3.36. The number of hydrogen-bond donors (Lipinski definition) is 3. The largest absolute Gasteiger partial charge is 0.481 e. The van der Waals surface area contributed by atoms with Crippen LogP contribution in [0, 0.1) is 17.8 Å². The number of amides is 1. The zero-order chi connectivity index (χ0) is 12.3. The van der Waals surface area contributed by atoms with Crippen molar-refractivity contribution in [2.75, 3.05) is 13.1 Å². The van der Waals surface area contributed by atoms with Crippen LogP contribution >= 0.6 is 0 Å². The van der Waals surface area contributed by atoms with Gasteiger partial charge in [0.2, 0.25) is 5.91 Å². The van der Waals surface area contributed by atoms with E-state index in [0.717, 1.165) is 6.54 Å². The number of nitrogens with one attached hydrogen (secondary N) is 2. The van der Waals surface area contributed by atoms with E-state index in [9.17, 15) is 9.59 Å². The zero-order valence-corrected chi connectivity index (χ0v) is 9.99. The first-order chi connectivity index (χ1) is 7.43. The first-order valence-corrected chi connectivity index (χ1v) is 5.67. The second-order valence-electron chi connectivity index (χ2n) is 4.67. The van der Waals surface area contributed by atoms with Gasteiger partial charge in [0.15, 0.2) is 0 Å². The van der Waals surface area contributed by atoms with Crippen LogP contribution in [0.25, 0.3) is 0 Å². The number of carboxylic acid groups (broad SMARTS) is 1. The van der Waals surface area contributed by atoms with Gasteiger partial charge in [-0.25, -0.2) is 0 Å². The second kappa shape index (κ2) is 5.30.